The van der Waals surface area contributed by atoms with Crippen molar-refractivity contribution in [3.05, 3.63) is 18.0 Å². The second kappa shape index (κ2) is 6.94. The van der Waals surface area contributed by atoms with Crippen LogP contribution in [-0.2, 0) is 23.1 Å². The third-order valence-corrected chi connectivity index (χ3v) is 6.24. The Kier molecular flexibility index (Phi) is 5.46. The average Bonchev–Trinajstić information content (AvgIpc) is 2.81. The van der Waals surface area contributed by atoms with E-state index in [1.165, 1.54) is 6.42 Å². The quantitative estimate of drug-likeness (QED) is 0.799. The lowest BCUT2D eigenvalue weighted by Gasteiger charge is -2.30. The number of aryl methyl sites for hydroxylation is 1. The van der Waals surface area contributed by atoms with Crippen LogP contribution in [0.15, 0.2) is 17.2 Å². The summed E-state index contributed by atoms with van der Waals surface area (Å²) in [5, 5.41) is 3.09. The predicted octanol–water partition coefficient (Wildman–Crippen LogP) is 2.04. The SMILES string of the molecule is CCN(CC1CCC1)S(=O)(=O)c1cc(CNC)n(CC)c1. The molecule has 1 aliphatic rings. The molecule has 0 saturated heterocycles. The second-order valence-electron chi connectivity index (χ2n) is 5.74. The van der Waals surface area contributed by atoms with Crippen LogP contribution < -0.4 is 5.32 Å². The minimum Gasteiger partial charge on any atom is -0.349 e. The molecule has 0 aliphatic heterocycles. The van der Waals surface area contributed by atoms with E-state index in [1.807, 2.05) is 25.5 Å². The van der Waals surface area contributed by atoms with Crippen LogP contribution in [0.3, 0.4) is 0 Å². The Morgan fingerprint density at radius 2 is 2.10 bits per heavy atom. The van der Waals surface area contributed by atoms with Crippen LogP contribution in [0.1, 0.15) is 38.8 Å². The van der Waals surface area contributed by atoms with Gasteiger partial charge in [-0.25, -0.2) is 8.42 Å². The van der Waals surface area contributed by atoms with Crippen molar-refractivity contribution in [2.45, 2.75) is 51.1 Å². The zero-order chi connectivity index (χ0) is 15.5. The van der Waals surface area contributed by atoms with E-state index in [4.69, 9.17) is 0 Å². The molecule has 1 fully saturated rings. The van der Waals surface area contributed by atoms with Crippen LogP contribution in [-0.4, -0.2) is 37.4 Å². The van der Waals surface area contributed by atoms with Crippen LogP contribution in [0.2, 0.25) is 0 Å². The highest BCUT2D eigenvalue weighted by atomic mass is 32.2. The van der Waals surface area contributed by atoms with Gasteiger partial charge in [0.15, 0.2) is 0 Å². The van der Waals surface area contributed by atoms with Crippen LogP contribution in [0.5, 0.6) is 0 Å². The van der Waals surface area contributed by atoms with E-state index in [0.717, 1.165) is 25.1 Å². The number of nitrogens with one attached hydrogen (secondary N) is 1. The van der Waals surface area contributed by atoms with E-state index in [1.54, 1.807) is 16.6 Å². The topological polar surface area (TPSA) is 54.3 Å². The van der Waals surface area contributed by atoms with Crippen molar-refractivity contribution in [2.24, 2.45) is 5.92 Å². The molecule has 1 heterocycles. The van der Waals surface area contributed by atoms with E-state index in [2.05, 4.69) is 5.32 Å². The normalized spacial score (nSPS) is 16.4. The van der Waals surface area contributed by atoms with Crippen molar-refractivity contribution < 1.29 is 8.42 Å². The Morgan fingerprint density at radius 1 is 1.38 bits per heavy atom. The van der Waals surface area contributed by atoms with Crippen LogP contribution >= 0.6 is 0 Å². The van der Waals surface area contributed by atoms with Gasteiger partial charge in [0.25, 0.3) is 0 Å². The average molecular weight is 313 g/mol. The fourth-order valence-electron chi connectivity index (χ4n) is 2.80. The summed E-state index contributed by atoms with van der Waals surface area (Å²) in [5.41, 5.74) is 1.01. The summed E-state index contributed by atoms with van der Waals surface area (Å²) in [5.74, 6) is 0.546. The monoisotopic (exact) mass is 313 g/mol. The summed E-state index contributed by atoms with van der Waals surface area (Å²) >= 11 is 0. The van der Waals surface area contributed by atoms with E-state index < -0.39 is 10.0 Å². The first-order valence-electron chi connectivity index (χ1n) is 7.86. The summed E-state index contributed by atoms with van der Waals surface area (Å²) in [6.45, 7) is 6.61. The van der Waals surface area contributed by atoms with Gasteiger partial charge in [0.1, 0.15) is 4.90 Å². The first-order chi connectivity index (χ1) is 10.0. The number of nitrogens with zero attached hydrogens (tertiary/aromatic N) is 2. The number of sulfonamides is 1. The van der Waals surface area contributed by atoms with Gasteiger partial charge in [-0.2, -0.15) is 4.31 Å². The third kappa shape index (κ3) is 3.49. The van der Waals surface area contributed by atoms with E-state index in [0.29, 0.717) is 30.4 Å². The van der Waals surface area contributed by atoms with Gasteiger partial charge in [0.2, 0.25) is 10.0 Å². The Balaban J connectivity index is 2.23. The fraction of sp³-hybridized carbons (Fsp3) is 0.733. The molecule has 1 aromatic rings. The molecule has 0 unspecified atom stereocenters. The summed E-state index contributed by atoms with van der Waals surface area (Å²) in [6.07, 6.45) is 5.33. The van der Waals surface area contributed by atoms with Gasteiger partial charge in [-0.3, -0.25) is 0 Å². The molecule has 5 nitrogen and oxygen atoms in total. The summed E-state index contributed by atoms with van der Waals surface area (Å²) in [4.78, 5) is 0.427. The number of rotatable bonds is 8. The van der Waals surface area contributed by atoms with Crippen molar-refractivity contribution in [3.8, 4) is 0 Å². The highest BCUT2D eigenvalue weighted by Gasteiger charge is 2.29. The minimum atomic E-state index is -3.37. The first kappa shape index (κ1) is 16.5. The first-order valence-corrected chi connectivity index (χ1v) is 9.30. The summed E-state index contributed by atoms with van der Waals surface area (Å²) in [7, 11) is -1.50. The molecule has 0 radical (unpaired) electrons. The lowest BCUT2D eigenvalue weighted by atomic mass is 9.85. The maximum absolute atomic E-state index is 12.8. The van der Waals surface area contributed by atoms with Gasteiger partial charge >= 0.3 is 0 Å². The Bertz CT molecular complexity index is 561. The van der Waals surface area contributed by atoms with Gasteiger partial charge in [-0.15, -0.1) is 0 Å². The highest BCUT2D eigenvalue weighted by molar-refractivity contribution is 7.89. The maximum atomic E-state index is 12.8. The van der Waals surface area contributed by atoms with Gasteiger partial charge in [-0.1, -0.05) is 13.3 Å². The van der Waals surface area contributed by atoms with Gasteiger partial charge in [0.05, 0.1) is 0 Å². The molecule has 1 aliphatic carbocycles. The zero-order valence-corrected chi connectivity index (χ0v) is 14.1. The number of hydrogen-bond donors (Lipinski definition) is 1. The lowest BCUT2D eigenvalue weighted by Crippen LogP contribution is -2.37. The maximum Gasteiger partial charge on any atom is 0.244 e. The van der Waals surface area contributed by atoms with Crippen molar-refractivity contribution in [1.82, 2.24) is 14.2 Å². The van der Waals surface area contributed by atoms with E-state index in [9.17, 15) is 8.42 Å². The van der Waals surface area contributed by atoms with Crippen molar-refractivity contribution >= 4 is 10.0 Å². The molecule has 0 spiro atoms. The number of hydrogen-bond acceptors (Lipinski definition) is 3. The van der Waals surface area contributed by atoms with E-state index in [-0.39, 0.29) is 0 Å². The molecule has 0 aromatic carbocycles. The largest absolute Gasteiger partial charge is 0.349 e. The fourth-order valence-corrected chi connectivity index (χ4v) is 4.39. The van der Waals surface area contributed by atoms with E-state index >= 15 is 0 Å². The molecule has 1 N–H and O–H groups in total. The van der Waals surface area contributed by atoms with Gasteiger partial charge in [-0.05, 0) is 38.8 Å². The van der Waals surface area contributed by atoms with Crippen molar-refractivity contribution in [3.63, 3.8) is 0 Å². The molecule has 1 aromatic heterocycles. The molecule has 120 valence electrons. The molecule has 1 saturated carbocycles. The Morgan fingerprint density at radius 3 is 2.57 bits per heavy atom. The van der Waals surface area contributed by atoms with Crippen molar-refractivity contribution in [1.29, 1.82) is 0 Å². The number of aromatic nitrogens is 1. The second-order valence-corrected chi connectivity index (χ2v) is 7.67. The molecule has 0 bridgehead atoms. The van der Waals surface area contributed by atoms with Crippen LogP contribution in [0.25, 0.3) is 0 Å². The lowest BCUT2D eigenvalue weighted by molar-refractivity contribution is 0.250. The molecular formula is C15H27N3O2S. The molecule has 6 heteroatoms. The molecule has 21 heavy (non-hydrogen) atoms. The highest BCUT2D eigenvalue weighted by Crippen LogP contribution is 2.29. The molecule has 2 rings (SSSR count). The summed E-state index contributed by atoms with van der Waals surface area (Å²) < 4.78 is 29.3. The standard InChI is InChI=1S/C15H27N3O2S/c1-4-17-12-15(9-14(17)10-16-3)21(19,20)18(5-2)11-13-7-6-8-13/h9,12-13,16H,4-8,10-11H2,1-3H3. The van der Waals surface area contributed by atoms with Gasteiger partial charge < -0.3 is 9.88 Å². The van der Waals surface area contributed by atoms with Crippen LogP contribution in [0, 0.1) is 5.92 Å². The summed E-state index contributed by atoms with van der Waals surface area (Å²) in [6, 6.07) is 1.80. The van der Waals surface area contributed by atoms with Crippen molar-refractivity contribution in [2.75, 3.05) is 20.1 Å². The molecular weight excluding hydrogens is 286 g/mol. The minimum absolute atomic E-state index is 0.427. The molecule has 0 atom stereocenters. The third-order valence-electron chi connectivity index (χ3n) is 4.34. The smallest absolute Gasteiger partial charge is 0.244 e. The van der Waals surface area contributed by atoms with Crippen LogP contribution in [0.4, 0.5) is 0 Å². The predicted molar refractivity (Wildman–Crippen MR) is 84.6 cm³/mol. The Hall–Kier alpha value is -0.850. The zero-order valence-electron chi connectivity index (χ0n) is 13.3. The molecule has 0 amide bonds. The Labute approximate surface area is 128 Å². The van der Waals surface area contributed by atoms with Gasteiger partial charge in [0, 0.05) is 38.1 Å².